The monoisotopic (exact) mass is 277 g/mol. The van der Waals surface area contributed by atoms with Crippen LogP contribution in [-0.2, 0) is 16.1 Å². The maximum Gasteiger partial charge on any atom is 0.414 e. The number of hydrogen-bond donors (Lipinski definition) is 1. The highest BCUT2D eigenvalue weighted by Gasteiger charge is 2.31. The summed E-state index contributed by atoms with van der Waals surface area (Å²) in [7, 11) is 0. The molecule has 1 atom stereocenters. The molecule has 0 saturated heterocycles. The zero-order valence-electron chi connectivity index (χ0n) is 9.16. The van der Waals surface area contributed by atoms with Crippen molar-refractivity contribution in [2.45, 2.75) is 22.7 Å². The van der Waals surface area contributed by atoms with Crippen molar-refractivity contribution >= 4 is 17.7 Å². The normalized spacial score (nSPS) is 18.5. The Balaban J connectivity index is 1.83. The van der Waals surface area contributed by atoms with Crippen LogP contribution in [0.15, 0.2) is 29.2 Å². The Hall–Kier alpha value is -1.21. The molecule has 2 rings (SSSR count). The van der Waals surface area contributed by atoms with E-state index in [4.69, 9.17) is 0 Å². The van der Waals surface area contributed by atoms with E-state index >= 15 is 0 Å². The molecule has 1 aliphatic rings. The number of fused-ring (bicyclic) bond motifs is 1. The standard InChI is InChI=1S/C11H10F3NO2S/c12-11(13,14)6-17-15-10(16)9-5-7-3-1-2-4-8(7)18-9/h1-4,9H,5-6H2,(H,15,16). The van der Waals surface area contributed by atoms with Gasteiger partial charge in [-0.2, -0.15) is 13.2 Å². The van der Waals surface area contributed by atoms with Gasteiger partial charge in [0.15, 0.2) is 6.61 Å². The summed E-state index contributed by atoms with van der Waals surface area (Å²) in [6.07, 6.45) is -3.94. The first-order valence-corrected chi connectivity index (χ1v) is 6.06. The van der Waals surface area contributed by atoms with E-state index in [-0.39, 0.29) is 0 Å². The van der Waals surface area contributed by atoms with Gasteiger partial charge in [0, 0.05) is 4.90 Å². The molecular weight excluding hydrogens is 267 g/mol. The van der Waals surface area contributed by atoms with Crippen LogP contribution in [0.25, 0.3) is 0 Å². The summed E-state index contributed by atoms with van der Waals surface area (Å²) in [5.74, 6) is -0.541. The van der Waals surface area contributed by atoms with Crippen molar-refractivity contribution in [3.8, 4) is 0 Å². The van der Waals surface area contributed by atoms with Crippen molar-refractivity contribution in [3.05, 3.63) is 29.8 Å². The van der Waals surface area contributed by atoms with Crippen LogP contribution in [0.4, 0.5) is 13.2 Å². The van der Waals surface area contributed by atoms with E-state index in [9.17, 15) is 18.0 Å². The average molecular weight is 277 g/mol. The molecule has 1 aromatic rings. The second-order valence-corrected chi connectivity index (χ2v) is 5.03. The van der Waals surface area contributed by atoms with E-state index in [1.807, 2.05) is 29.7 Å². The molecule has 0 bridgehead atoms. The van der Waals surface area contributed by atoms with Crippen molar-refractivity contribution < 1.29 is 22.8 Å². The van der Waals surface area contributed by atoms with Crippen molar-refractivity contribution in [2.75, 3.05) is 6.61 Å². The van der Waals surface area contributed by atoms with E-state index in [2.05, 4.69) is 4.84 Å². The number of alkyl halides is 3. The molecule has 7 heteroatoms. The fraction of sp³-hybridized carbons (Fsp3) is 0.364. The molecule has 98 valence electrons. The van der Waals surface area contributed by atoms with E-state index in [0.717, 1.165) is 10.5 Å². The zero-order chi connectivity index (χ0) is 13.2. The minimum absolute atomic E-state index is 0.435. The highest BCUT2D eigenvalue weighted by Crippen LogP contribution is 2.36. The molecule has 0 spiro atoms. The smallest absolute Gasteiger partial charge is 0.271 e. The molecule has 0 radical (unpaired) electrons. The Morgan fingerprint density at radius 3 is 2.83 bits per heavy atom. The summed E-state index contributed by atoms with van der Waals surface area (Å²) < 4.78 is 35.5. The fourth-order valence-electron chi connectivity index (χ4n) is 1.58. The first kappa shape index (κ1) is 13.2. The number of hydrogen-bond acceptors (Lipinski definition) is 3. The second-order valence-electron chi connectivity index (χ2n) is 3.79. The summed E-state index contributed by atoms with van der Waals surface area (Å²) in [6.45, 7) is -1.48. The van der Waals surface area contributed by atoms with Gasteiger partial charge in [-0.05, 0) is 18.1 Å². The van der Waals surface area contributed by atoms with Crippen LogP contribution in [0.5, 0.6) is 0 Å². The lowest BCUT2D eigenvalue weighted by molar-refractivity contribution is -0.191. The molecule has 1 amide bonds. The van der Waals surface area contributed by atoms with Gasteiger partial charge in [-0.3, -0.25) is 9.63 Å². The SMILES string of the molecule is O=C(NOCC(F)(F)F)C1Cc2ccccc2S1. The van der Waals surface area contributed by atoms with Gasteiger partial charge in [0.1, 0.15) is 0 Å². The van der Waals surface area contributed by atoms with Crippen LogP contribution in [0.2, 0.25) is 0 Å². The summed E-state index contributed by atoms with van der Waals surface area (Å²) >= 11 is 1.33. The van der Waals surface area contributed by atoms with E-state index in [1.165, 1.54) is 11.8 Å². The molecule has 0 aliphatic carbocycles. The maximum absolute atomic E-state index is 11.8. The van der Waals surface area contributed by atoms with Gasteiger partial charge in [-0.25, -0.2) is 5.48 Å². The Kier molecular flexibility index (Phi) is 3.82. The molecule has 1 aromatic carbocycles. The molecule has 0 fully saturated rings. The first-order chi connectivity index (χ1) is 8.46. The Bertz CT molecular complexity index is 425. The third-order valence-electron chi connectivity index (χ3n) is 2.35. The number of rotatable bonds is 3. The van der Waals surface area contributed by atoms with Crippen LogP contribution < -0.4 is 5.48 Å². The number of carbonyl (C=O) groups excluding carboxylic acids is 1. The molecule has 3 nitrogen and oxygen atoms in total. The molecule has 1 aliphatic heterocycles. The van der Waals surface area contributed by atoms with E-state index < -0.39 is 23.9 Å². The second kappa shape index (κ2) is 5.19. The number of halogens is 3. The largest absolute Gasteiger partial charge is 0.414 e. The number of nitrogens with one attached hydrogen (secondary N) is 1. The molecule has 1 N–H and O–H groups in total. The van der Waals surface area contributed by atoms with Crippen molar-refractivity contribution in [2.24, 2.45) is 0 Å². The van der Waals surface area contributed by atoms with Gasteiger partial charge in [0.25, 0.3) is 5.91 Å². The van der Waals surface area contributed by atoms with Gasteiger partial charge in [0.05, 0.1) is 5.25 Å². The van der Waals surface area contributed by atoms with Crippen molar-refractivity contribution in [3.63, 3.8) is 0 Å². The quantitative estimate of drug-likeness (QED) is 0.862. The number of amides is 1. The fourth-order valence-corrected chi connectivity index (χ4v) is 2.77. The van der Waals surface area contributed by atoms with Crippen LogP contribution in [0, 0.1) is 0 Å². The number of carbonyl (C=O) groups is 1. The van der Waals surface area contributed by atoms with Crippen LogP contribution >= 0.6 is 11.8 Å². The Labute approximate surface area is 106 Å². The Morgan fingerprint density at radius 2 is 2.17 bits per heavy atom. The highest BCUT2D eigenvalue weighted by atomic mass is 32.2. The first-order valence-electron chi connectivity index (χ1n) is 5.19. The van der Waals surface area contributed by atoms with Crippen LogP contribution in [0.3, 0.4) is 0 Å². The predicted molar refractivity (Wildman–Crippen MR) is 59.9 cm³/mol. The number of thioether (sulfide) groups is 1. The van der Waals surface area contributed by atoms with Gasteiger partial charge in [-0.15, -0.1) is 11.8 Å². The highest BCUT2D eigenvalue weighted by molar-refractivity contribution is 8.01. The topological polar surface area (TPSA) is 38.3 Å². The molecule has 1 unspecified atom stereocenters. The lowest BCUT2D eigenvalue weighted by Crippen LogP contribution is -2.35. The van der Waals surface area contributed by atoms with E-state index in [0.29, 0.717) is 6.42 Å². The zero-order valence-corrected chi connectivity index (χ0v) is 9.98. The van der Waals surface area contributed by atoms with Crippen LogP contribution in [0.1, 0.15) is 5.56 Å². The van der Waals surface area contributed by atoms with Gasteiger partial charge in [-0.1, -0.05) is 18.2 Å². The molecule has 0 saturated carbocycles. The molecular formula is C11H10F3NO2S. The summed E-state index contributed by atoms with van der Waals surface area (Å²) in [6, 6.07) is 7.49. The van der Waals surface area contributed by atoms with Gasteiger partial charge < -0.3 is 0 Å². The van der Waals surface area contributed by atoms with Crippen molar-refractivity contribution in [1.82, 2.24) is 5.48 Å². The predicted octanol–water partition coefficient (Wildman–Crippen LogP) is 2.31. The Morgan fingerprint density at radius 1 is 1.44 bits per heavy atom. The molecule has 0 aromatic heterocycles. The minimum Gasteiger partial charge on any atom is -0.271 e. The lowest BCUT2D eigenvalue weighted by Gasteiger charge is -2.11. The third-order valence-corrected chi connectivity index (χ3v) is 3.67. The van der Waals surface area contributed by atoms with Crippen LogP contribution in [-0.4, -0.2) is 23.9 Å². The number of benzene rings is 1. The van der Waals surface area contributed by atoms with E-state index in [1.54, 1.807) is 0 Å². The lowest BCUT2D eigenvalue weighted by atomic mass is 10.1. The maximum atomic E-state index is 11.8. The van der Waals surface area contributed by atoms with Gasteiger partial charge in [0.2, 0.25) is 0 Å². The summed E-state index contributed by atoms with van der Waals surface area (Å²) in [5, 5.41) is -0.435. The average Bonchev–Trinajstić information content (AvgIpc) is 2.70. The third kappa shape index (κ3) is 3.39. The molecule has 18 heavy (non-hydrogen) atoms. The van der Waals surface area contributed by atoms with Crippen molar-refractivity contribution in [1.29, 1.82) is 0 Å². The molecule has 1 heterocycles. The summed E-state index contributed by atoms with van der Waals surface area (Å²) in [5.41, 5.74) is 2.86. The summed E-state index contributed by atoms with van der Waals surface area (Å²) in [4.78, 5) is 16.7. The van der Waals surface area contributed by atoms with Gasteiger partial charge >= 0.3 is 6.18 Å². The minimum atomic E-state index is -4.45. The number of hydroxylamine groups is 1.